The number of rotatable bonds is 17. The van der Waals surface area contributed by atoms with E-state index in [1.165, 1.54) is 17.8 Å². The molecule has 0 aromatic carbocycles. The lowest BCUT2D eigenvalue weighted by molar-refractivity contribution is -0.906. The Bertz CT molecular complexity index is 732. The number of alkyl halides is 2. The third-order valence-electron chi connectivity index (χ3n) is 5.63. The van der Waals surface area contributed by atoms with Crippen LogP contribution in [0.15, 0.2) is 6.20 Å². The van der Waals surface area contributed by atoms with E-state index >= 15 is 0 Å². The first-order valence-electron chi connectivity index (χ1n) is 10.5. The summed E-state index contributed by atoms with van der Waals surface area (Å²) in [6.45, 7) is 8.65. The maximum absolute atomic E-state index is 13.7. The Morgan fingerprint density at radius 1 is 1.28 bits per heavy atom. The predicted molar refractivity (Wildman–Crippen MR) is 125 cm³/mol. The number of hydrogen-bond acceptors (Lipinski definition) is 5. The van der Waals surface area contributed by atoms with Crippen molar-refractivity contribution in [2.75, 3.05) is 58.1 Å². The Morgan fingerprint density at radius 3 is 2.34 bits per heavy atom. The van der Waals surface area contributed by atoms with Gasteiger partial charge in [-0.15, -0.1) is 23.2 Å². The lowest BCUT2D eigenvalue weighted by Crippen LogP contribution is -3.00. The molecule has 1 atom stereocenters. The van der Waals surface area contributed by atoms with E-state index in [0.717, 1.165) is 37.0 Å². The van der Waals surface area contributed by atoms with Crippen LogP contribution in [-0.4, -0.2) is 81.7 Å². The number of quaternary nitrogens is 1. The molecule has 0 aliphatic rings. The molecule has 0 saturated heterocycles. The van der Waals surface area contributed by atoms with Crippen molar-refractivity contribution in [1.82, 2.24) is 19.3 Å². The van der Waals surface area contributed by atoms with Gasteiger partial charge in [0, 0.05) is 31.4 Å². The van der Waals surface area contributed by atoms with Gasteiger partial charge in [0.15, 0.2) is 0 Å². The molecule has 1 unspecified atom stereocenters. The maximum Gasteiger partial charge on any atom is 0.434 e. The second kappa shape index (κ2) is 15.8. The van der Waals surface area contributed by atoms with Crippen molar-refractivity contribution in [2.45, 2.75) is 33.3 Å². The van der Waals surface area contributed by atoms with Crippen LogP contribution in [0.4, 0.5) is 5.95 Å². The number of halogens is 3. The molecule has 1 rings (SSSR count). The van der Waals surface area contributed by atoms with Crippen molar-refractivity contribution in [3.63, 3.8) is 0 Å². The highest BCUT2D eigenvalue weighted by Crippen LogP contribution is 2.47. The molecule has 32 heavy (non-hydrogen) atoms. The van der Waals surface area contributed by atoms with Crippen molar-refractivity contribution in [1.29, 1.82) is 0 Å². The second-order valence-electron chi connectivity index (χ2n) is 7.58. The van der Waals surface area contributed by atoms with Gasteiger partial charge in [-0.25, -0.2) is 14.3 Å². The van der Waals surface area contributed by atoms with E-state index in [1.54, 1.807) is 4.67 Å². The van der Waals surface area contributed by atoms with Gasteiger partial charge in [0.25, 0.3) is 0 Å². The van der Waals surface area contributed by atoms with Gasteiger partial charge in [0.1, 0.15) is 18.5 Å². The fraction of sp³-hybridized carbons (Fsp3) is 0.833. The van der Waals surface area contributed by atoms with Crippen LogP contribution in [-0.2, 0) is 22.7 Å². The third kappa shape index (κ3) is 9.69. The van der Waals surface area contributed by atoms with Crippen molar-refractivity contribution in [2.24, 2.45) is 7.05 Å². The summed E-state index contributed by atoms with van der Waals surface area (Å²) in [6.07, 6.45) is 3.18. The lowest BCUT2D eigenvalue weighted by Gasteiger charge is -2.32. The first kappa shape index (κ1) is 32.0. The molecule has 1 heterocycles. The zero-order valence-electron chi connectivity index (χ0n) is 19.3. The van der Waals surface area contributed by atoms with Crippen molar-refractivity contribution >= 4 is 36.8 Å². The van der Waals surface area contributed by atoms with Crippen LogP contribution in [0.2, 0.25) is 0 Å². The molecule has 1 aromatic heterocycles. The summed E-state index contributed by atoms with van der Waals surface area (Å²) in [4.78, 5) is 14.2. The van der Waals surface area contributed by atoms with E-state index in [9.17, 15) is 14.7 Å². The van der Waals surface area contributed by atoms with Crippen molar-refractivity contribution in [3.8, 4) is 0 Å². The number of aromatic nitrogens is 2. The topological polar surface area (TPSA) is 103 Å². The number of nitro groups is 1. The molecular weight excluding hydrogens is 593 g/mol. The highest BCUT2D eigenvalue weighted by atomic mass is 127. The van der Waals surface area contributed by atoms with Crippen LogP contribution < -0.4 is 29.1 Å². The standard InChI is InChI=1S/C18H36Cl2N6O4P.HI/c1-5-26(4,6-2)14-8-7-11-22-31(29,24(12-9-19)13-10-20)30-16-17-15-21-18(23(17)3)25(27)28;/h15H,5-14,16H2,1-4H3,(H,22,29);1H/q+1;/p-1. The van der Waals surface area contributed by atoms with E-state index in [4.69, 9.17) is 27.7 Å². The Labute approximate surface area is 218 Å². The van der Waals surface area contributed by atoms with Crippen molar-refractivity contribution < 1.29 is 42.5 Å². The minimum Gasteiger partial charge on any atom is -1.00 e. The number of nitrogens with one attached hydrogen (secondary N) is 1. The molecule has 0 bridgehead atoms. The fourth-order valence-electron chi connectivity index (χ4n) is 3.07. The van der Waals surface area contributed by atoms with E-state index in [-0.39, 0.29) is 48.3 Å². The first-order valence-corrected chi connectivity index (χ1v) is 13.2. The highest BCUT2D eigenvalue weighted by Gasteiger charge is 2.32. The summed E-state index contributed by atoms with van der Waals surface area (Å²) >= 11 is 11.8. The molecule has 0 amide bonds. The largest absolute Gasteiger partial charge is 1.00 e. The van der Waals surface area contributed by atoms with Gasteiger partial charge in [0.05, 0.1) is 33.7 Å². The van der Waals surface area contributed by atoms with Crippen LogP contribution in [0.25, 0.3) is 0 Å². The van der Waals surface area contributed by atoms with Gasteiger partial charge in [-0.3, -0.25) is 9.09 Å². The molecule has 10 nitrogen and oxygen atoms in total. The Kier molecular flexibility index (Phi) is 15.8. The van der Waals surface area contributed by atoms with Crippen LogP contribution >= 0.6 is 30.9 Å². The van der Waals surface area contributed by atoms with Crippen LogP contribution in [0, 0.1) is 10.1 Å². The normalized spacial score (nSPS) is 13.7. The summed E-state index contributed by atoms with van der Waals surface area (Å²) < 4.78 is 23.4. The molecule has 0 radical (unpaired) electrons. The first-order chi connectivity index (χ1) is 14.7. The van der Waals surface area contributed by atoms with Gasteiger partial charge in [0.2, 0.25) is 0 Å². The molecule has 0 aliphatic carbocycles. The molecule has 0 aliphatic heterocycles. The second-order valence-corrected chi connectivity index (χ2v) is 10.5. The molecule has 188 valence electrons. The van der Waals surface area contributed by atoms with Gasteiger partial charge in [-0.2, -0.15) is 0 Å². The van der Waals surface area contributed by atoms with Gasteiger partial charge in [-0.05, 0) is 31.6 Å². The lowest BCUT2D eigenvalue weighted by atomic mass is 10.2. The summed E-state index contributed by atoms with van der Waals surface area (Å²) in [5.74, 6) is 0.241. The minimum atomic E-state index is -3.46. The van der Waals surface area contributed by atoms with Gasteiger partial charge >= 0.3 is 13.6 Å². The van der Waals surface area contributed by atoms with E-state index < -0.39 is 12.6 Å². The van der Waals surface area contributed by atoms with Crippen LogP contribution in [0.5, 0.6) is 0 Å². The summed E-state index contributed by atoms with van der Waals surface area (Å²) in [7, 11) is 0.297. The highest BCUT2D eigenvalue weighted by molar-refractivity contribution is 7.54. The van der Waals surface area contributed by atoms with Gasteiger partial charge in [-0.1, -0.05) is 4.98 Å². The fourth-order valence-corrected chi connectivity index (χ4v) is 5.64. The molecule has 0 fully saturated rings. The molecular formula is C18H36Cl2IN6O4P. The average Bonchev–Trinajstić information content (AvgIpc) is 3.12. The molecule has 0 spiro atoms. The van der Waals surface area contributed by atoms with Crippen molar-refractivity contribution in [3.05, 3.63) is 22.0 Å². The number of hydrogen-bond donors (Lipinski definition) is 1. The van der Waals surface area contributed by atoms with E-state index in [2.05, 4.69) is 31.0 Å². The van der Waals surface area contributed by atoms with Crippen LogP contribution in [0.1, 0.15) is 32.4 Å². The smallest absolute Gasteiger partial charge is 0.434 e. The molecule has 0 saturated carbocycles. The monoisotopic (exact) mass is 628 g/mol. The molecule has 14 heteroatoms. The van der Waals surface area contributed by atoms with E-state index in [0.29, 0.717) is 25.3 Å². The Hall–Kier alpha value is -0.0100. The summed E-state index contributed by atoms with van der Waals surface area (Å²) in [5, 5.41) is 14.1. The molecule has 1 aromatic rings. The van der Waals surface area contributed by atoms with E-state index in [1.807, 2.05) is 0 Å². The molecule has 1 N–H and O–H groups in total. The quantitative estimate of drug-likeness (QED) is 0.0513. The summed E-state index contributed by atoms with van der Waals surface area (Å²) in [6, 6.07) is 0. The minimum absolute atomic E-state index is 0. The SMILES string of the molecule is CC[N+](C)(CC)CCCCNP(=O)(OCc1cnc([N+](=O)[O-])n1C)N(CCCl)CCCl.[I-]. The zero-order chi connectivity index (χ0) is 23.5. The van der Waals surface area contributed by atoms with Crippen LogP contribution in [0.3, 0.4) is 0 Å². The Morgan fingerprint density at radius 2 is 1.88 bits per heavy atom. The number of unbranched alkanes of at least 4 members (excludes halogenated alkanes) is 1. The Balaban J connectivity index is 0.00000961. The predicted octanol–water partition coefficient (Wildman–Crippen LogP) is 0.593. The third-order valence-corrected chi connectivity index (χ3v) is 8.22. The average molecular weight is 629 g/mol. The number of nitrogens with zero attached hydrogens (tertiary/aromatic N) is 5. The maximum atomic E-state index is 13.7. The zero-order valence-corrected chi connectivity index (χ0v) is 23.9. The van der Waals surface area contributed by atoms with Gasteiger partial charge < -0.3 is 38.6 Å². The number of imidazole rings is 1. The summed E-state index contributed by atoms with van der Waals surface area (Å²) in [5.41, 5.74) is 0.449.